The van der Waals surface area contributed by atoms with E-state index < -0.39 is 11.9 Å². The Labute approximate surface area is 184 Å². The molecule has 0 aliphatic carbocycles. The van der Waals surface area contributed by atoms with Crippen LogP contribution < -0.4 is 15.8 Å². The van der Waals surface area contributed by atoms with Gasteiger partial charge in [-0.1, -0.05) is 24.3 Å². The van der Waals surface area contributed by atoms with Gasteiger partial charge < -0.3 is 25.7 Å². The van der Waals surface area contributed by atoms with E-state index >= 15 is 0 Å². The molecule has 4 rings (SSSR count). The zero-order valence-electron chi connectivity index (χ0n) is 17.2. The minimum atomic E-state index is -0.617. The van der Waals surface area contributed by atoms with Gasteiger partial charge in [-0.2, -0.15) is 0 Å². The lowest BCUT2D eigenvalue weighted by Crippen LogP contribution is -2.44. The number of halogens is 2. The second-order valence-corrected chi connectivity index (χ2v) is 7.69. The number of nitrogens with zero attached hydrogens (tertiary/aromatic N) is 3. The highest BCUT2D eigenvalue weighted by Gasteiger charge is 2.25. The summed E-state index contributed by atoms with van der Waals surface area (Å²) in [7, 11) is 0. The fourth-order valence-electron chi connectivity index (χ4n) is 3.72. The minimum absolute atomic E-state index is 0.0237. The summed E-state index contributed by atoms with van der Waals surface area (Å²) in [6.45, 7) is 8.98. The number of hydrogen-bond acceptors (Lipinski definition) is 6. The molecule has 9 heteroatoms. The second kappa shape index (κ2) is 9.05. The molecule has 1 fully saturated rings. The first-order chi connectivity index (χ1) is 15.0. The van der Waals surface area contributed by atoms with Gasteiger partial charge in [-0.25, -0.2) is 14.4 Å². The van der Waals surface area contributed by atoms with Gasteiger partial charge in [0, 0.05) is 48.5 Å². The van der Waals surface area contributed by atoms with Crippen LogP contribution in [0.1, 0.15) is 17.4 Å². The number of piperazine rings is 1. The van der Waals surface area contributed by atoms with Gasteiger partial charge in [-0.3, -0.25) is 0 Å². The van der Waals surface area contributed by atoms with Gasteiger partial charge in [0.1, 0.15) is 11.3 Å². The molecular formula is C22H24ClFN6O. The molecule has 162 valence electrons. The van der Waals surface area contributed by atoms with E-state index in [0.717, 1.165) is 37.6 Å². The topological polar surface area (TPSA) is 92.1 Å². The Hall–Kier alpha value is -2.94. The third-order valence-corrected chi connectivity index (χ3v) is 5.57. The number of fused-ring (bicyclic) bond motifs is 1. The van der Waals surface area contributed by atoms with Crippen molar-refractivity contribution in [1.82, 2.24) is 25.2 Å². The molecule has 31 heavy (non-hydrogen) atoms. The van der Waals surface area contributed by atoms with Crippen LogP contribution in [0.4, 0.5) is 4.39 Å². The van der Waals surface area contributed by atoms with Crippen molar-refractivity contribution in [3.05, 3.63) is 71.2 Å². The normalized spacial score (nSPS) is 15.9. The van der Waals surface area contributed by atoms with Crippen LogP contribution in [0.2, 0.25) is 5.02 Å². The highest BCUT2D eigenvalue weighted by molar-refractivity contribution is 6.32. The summed E-state index contributed by atoms with van der Waals surface area (Å²) in [5, 5.41) is 3.89. The molecule has 3 heterocycles. The van der Waals surface area contributed by atoms with Gasteiger partial charge in [0.2, 0.25) is 5.88 Å². The van der Waals surface area contributed by atoms with Crippen molar-refractivity contribution in [2.45, 2.75) is 13.0 Å². The van der Waals surface area contributed by atoms with E-state index in [0.29, 0.717) is 16.6 Å². The molecule has 1 aromatic carbocycles. The molecule has 2 aromatic heterocycles. The lowest BCUT2D eigenvalue weighted by atomic mass is 10.1. The number of nitrogens with two attached hydrogens (primary N) is 1. The van der Waals surface area contributed by atoms with E-state index in [1.807, 2.05) is 13.0 Å². The first-order valence-corrected chi connectivity index (χ1v) is 10.4. The maximum absolute atomic E-state index is 14.9. The van der Waals surface area contributed by atoms with Gasteiger partial charge in [-0.05, 0) is 31.2 Å². The molecule has 1 aliphatic heterocycles. The number of aromatic nitrogens is 3. The van der Waals surface area contributed by atoms with Crippen molar-refractivity contribution >= 4 is 22.5 Å². The molecule has 3 aromatic rings. The van der Waals surface area contributed by atoms with Crippen LogP contribution in [-0.2, 0) is 0 Å². The van der Waals surface area contributed by atoms with Crippen molar-refractivity contribution in [1.29, 1.82) is 0 Å². The average Bonchev–Trinajstić information content (AvgIpc) is 3.17. The fraction of sp³-hybridized carbons (Fsp3) is 0.273. The van der Waals surface area contributed by atoms with E-state index in [-0.39, 0.29) is 16.7 Å². The van der Waals surface area contributed by atoms with E-state index in [9.17, 15) is 4.39 Å². The third kappa shape index (κ3) is 4.27. The molecule has 1 atom stereocenters. The van der Waals surface area contributed by atoms with Crippen LogP contribution in [0.5, 0.6) is 11.6 Å². The molecule has 1 unspecified atom stereocenters. The Morgan fingerprint density at radius 3 is 2.87 bits per heavy atom. The van der Waals surface area contributed by atoms with E-state index in [2.05, 4.69) is 31.7 Å². The highest BCUT2D eigenvalue weighted by atomic mass is 35.5. The summed E-state index contributed by atoms with van der Waals surface area (Å²) in [6, 6.07) is 4.39. The summed E-state index contributed by atoms with van der Waals surface area (Å²) in [5.74, 6) is -0.420. The molecular weight excluding hydrogens is 419 g/mol. The Kier molecular flexibility index (Phi) is 6.22. The third-order valence-electron chi connectivity index (χ3n) is 5.21. The Bertz CT molecular complexity index is 1140. The van der Waals surface area contributed by atoms with Gasteiger partial charge in [0.15, 0.2) is 11.6 Å². The van der Waals surface area contributed by atoms with Crippen LogP contribution in [0.3, 0.4) is 0 Å². The lowest BCUT2D eigenvalue weighted by molar-refractivity contribution is 0.282. The van der Waals surface area contributed by atoms with Crippen molar-refractivity contribution in [3.63, 3.8) is 0 Å². The number of benzene rings is 1. The summed E-state index contributed by atoms with van der Waals surface area (Å²) >= 11 is 6.57. The van der Waals surface area contributed by atoms with Gasteiger partial charge in [0.05, 0.1) is 11.7 Å². The number of aryl methyl sites for hydroxylation is 1. The molecule has 7 nitrogen and oxygen atoms in total. The first kappa shape index (κ1) is 21.3. The SMILES string of the molecule is C=C/C=C(\C(N)c1ncnc(Oc2ccc3[nH]c(C)cc3c2F)c1Cl)N1CCNCC1. The summed E-state index contributed by atoms with van der Waals surface area (Å²) in [4.78, 5) is 13.7. The van der Waals surface area contributed by atoms with Crippen LogP contribution in [-0.4, -0.2) is 46.0 Å². The monoisotopic (exact) mass is 442 g/mol. The van der Waals surface area contributed by atoms with Crippen LogP contribution in [0.25, 0.3) is 10.9 Å². The fourth-order valence-corrected chi connectivity index (χ4v) is 3.97. The van der Waals surface area contributed by atoms with Crippen molar-refractivity contribution in [2.24, 2.45) is 5.73 Å². The molecule has 0 amide bonds. The molecule has 1 saturated heterocycles. The number of nitrogens with one attached hydrogen (secondary N) is 2. The maximum Gasteiger partial charge on any atom is 0.241 e. The largest absolute Gasteiger partial charge is 0.434 e. The van der Waals surface area contributed by atoms with Crippen LogP contribution in [0.15, 0.2) is 49.0 Å². The summed E-state index contributed by atoms with van der Waals surface area (Å²) in [5.41, 5.74) is 9.33. The number of ether oxygens (including phenoxy) is 1. The molecule has 0 radical (unpaired) electrons. The lowest BCUT2D eigenvalue weighted by Gasteiger charge is -2.34. The van der Waals surface area contributed by atoms with E-state index in [1.165, 1.54) is 12.4 Å². The Morgan fingerprint density at radius 1 is 1.35 bits per heavy atom. The predicted molar refractivity (Wildman–Crippen MR) is 120 cm³/mol. The summed E-state index contributed by atoms with van der Waals surface area (Å²) < 4.78 is 20.7. The maximum atomic E-state index is 14.9. The van der Waals surface area contributed by atoms with Crippen molar-refractivity contribution < 1.29 is 9.13 Å². The number of hydrogen-bond donors (Lipinski definition) is 3. The molecule has 1 aliphatic rings. The molecule has 0 saturated carbocycles. The van der Waals surface area contributed by atoms with Crippen LogP contribution in [0, 0.1) is 12.7 Å². The highest BCUT2D eigenvalue weighted by Crippen LogP contribution is 2.36. The van der Waals surface area contributed by atoms with Crippen molar-refractivity contribution in [3.8, 4) is 11.6 Å². The van der Waals surface area contributed by atoms with Gasteiger partial charge in [0.25, 0.3) is 0 Å². The zero-order chi connectivity index (χ0) is 22.0. The number of aromatic amines is 1. The zero-order valence-corrected chi connectivity index (χ0v) is 17.9. The number of allylic oxidation sites excluding steroid dienone is 2. The van der Waals surface area contributed by atoms with Crippen LogP contribution >= 0.6 is 11.6 Å². The van der Waals surface area contributed by atoms with Gasteiger partial charge >= 0.3 is 0 Å². The van der Waals surface area contributed by atoms with Gasteiger partial charge in [-0.15, -0.1) is 0 Å². The Morgan fingerprint density at radius 2 is 2.13 bits per heavy atom. The first-order valence-electron chi connectivity index (χ1n) is 9.99. The number of H-pyrrole nitrogens is 1. The second-order valence-electron chi connectivity index (χ2n) is 7.31. The Balaban J connectivity index is 1.65. The minimum Gasteiger partial charge on any atom is -0.434 e. The molecule has 0 bridgehead atoms. The van der Waals surface area contributed by atoms with E-state index in [1.54, 1.807) is 18.2 Å². The summed E-state index contributed by atoms with van der Waals surface area (Å²) in [6.07, 6.45) is 4.86. The standard InChI is InChI=1S/C22H24ClFN6O/c1-3-4-16(30-9-7-26-8-10-30)20(25)21-18(23)22(28-12-27-21)31-17-6-5-15-14(19(17)24)11-13(2)29-15/h3-6,11-12,20,26,29H,1,7-10,25H2,2H3/b16-4+. The van der Waals surface area contributed by atoms with Crippen molar-refractivity contribution in [2.75, 3.05) is 26.2 Å². The van der Waals surface area contributed by atoms with E-state index in [4.69, 9.17) is 22.1 Å². The predicted octanol–water partition coefficient (Wildman–Crippen LogP) is 3.83. The number of rotatable bonds is 6. The average molecular weight is 443 g/mol. The molecule has 4 N–H and O–H groups in total. The quantitative estimate of drug-likeness (QED) is 0.502. The smallest absolute Gasteiger partial charge is 0.241 e. The molecule has 0 spiro atoms.